The quantitative estimate of drug-likeness (QED) is 0.625. The summed E-state index contributed by atoms with van der Waals surface area (Å²) >= 11 is 0. The molecule has 2 unspecified atom stereocenters. The van der Waals surface area contributed by atoms with Crippen molar-refractivity contribution in [3.05, 3.63) is 35.4 Å². The molecular weight excluding hydrogens is 364 g/mol. The first-order chi connectivity index (χ1) is 14.2. The number of ether oxygens (including phenoxy) is 1. The number of likely N-dealkylation sites (tertiary alicyclic amines) is 1. The van der Waals surface area contributed by atoms with Gasteiger partial charge < -0.3 is 19.9 Å². The van der Waals surface area contributed by atoms with Crippen LogP contribution in [-0.4, -0.2) is 73.6 Å². The molecule has 1 aromatic carbocycles. The van der Waals surface area contributed by atoms with Crippen LogP contribution in [0.5, 0.6) is 0 Å². The summed E-state index contributed by atoms with van der Waals surface area (Å²) in [7, 11) is 0. The Labute approximate surface area is 174 Å². The molecule has 4 rings (SSSR count). The third kappa shape index (κ3) is 4.74. The molecule has 3 fully saturated rings. The smallest absolute Gasteiger partial charge is 0.225 e. The number of aryl methyl sites for hydroxylation is 1. The van der Waals surface area contributed by atoms with Crippen molar-refractivity contribution in [1.82, 2.24) is 15.1 Å². The van der Waals surface area contributed by atoms with Gasteiger partial charge in [0.15, 0.2) is 5.96 Å². The maximum atomic E-state index is 12.8. The lowest BCUT2D eigenvalue weighted by molar-refractivity contribution is -0.140. The van der Waals surface area contributed by atoms with Gasteiger partial charge in [0.2, 0.25) is 5.91 Å². The van der Waals surface area contributed by atoms with E-state index in [1.54, 1.807) is 0 Å². The van der Waals surface area contributed by atoms with Crippen LogP contribution in [0.2, 0.25) is 0 Å². The van der Waals surface area contributed by atoms with Crippen LogP contribution in [0.1, 0.15) is 43.2 Å². The monoisotopic (exact) mass is 398 g/mol. The summed E-state index contributed by atoms with van der Waals surface area (Å²) in [6.45, 7) is 9.68. The number of rotatable bonds is 4. The predicted octanol–water partition coefficient (Wildman–Crippen LogP) is 2.39. The van der Waals surface area contributed by atoms with Gasteiger partial charge in [-0.1, -0.05) is 24.3 Å². The zero-order chi connectivity index (χ0) is 20.2. The van der Waals surface area contributed by atoms with Gasteiger partial charge in [0.25, 0.3) is 0 Å². The minimum Gasteiger partial charge on any atom is -0.378 e. The fraction of sp³-hybridized carbons (Fsp3) is 0.652. The van der Waals surface area contributed by atoms with Crippen LogP contribution in [0.3, 0.4) is 0 Å². The van der Waals surface area contributed by atoms with Crippen LogP contribution < -0.4 is 5.32 Å². The predicted molar refractivity (Wildman–Crippen MR) is 115 cm³/mol. The normalized spacial score (nSPS) is 25.8. The molecular formula is C23H34N4O2. The molecule has 2 saturated heterocycles. The van der Waals surface area contributed by atoms with Crippen molar-refractivity contribution in [2.45, 2.75) is 45.1 Å². The number of morpholine rings is 1. The maximum absolute atomic E-state index is 12.8. The summed E-state index contributed by atoms with van der Waals surface area (Å²) < 4.78 is 5.38. The van der Waals surface area contributed by atoms with E-state index >= 15 is 0 Å². The molecule has 0 spiro atoms. The van der Waals surface area contributed by atoms with Gasteiger partial charge in [0.1, 0.15) is 0 Å². The number of hydrogen-bond donors (Lipinski definition) is 1. The van der Waals surface area contributed by atoms with E-state index in [1.165, 1.54) is 17.5 Å². The fourth-order valence-corrected chi connectivity index (χ4v) is 4.63. The number of amides is 1. The van der Waals surface area contributed by atoms with Gasteiger partial charge in [-0.25, -0.2) is 0 Å². The first-order valence-corrected chi connectivity index (χ1v) is 11.2. The lowest BCUT2D eigenvalue weighted by Gasteiger charge is -2.37. The van der Waals surface area contributed by atoms with E-state index in [9.17, 15) is 4.79 Å². The standard InChI is InChI=1S/C23H34N4O2/c1-3-24-23(25-21-16-20(21)19-7-5-4-6-17(19)2)27-10-8-18(9-11-27)22(28)26-12-14-29-15-13-26/h4-7,18,20-21H,3,8-16H2,1-2H3,(H,24,25). The SMILES string of the molecule is CCN=C(NC1CC1c1ccccc1C)N1CCC(C(=O)N2CCOCC2)CC1. The molecule has 1 aliphatic carbocycles. The lowest BCUT2D eigenvalue weighted by Crippen LogP contribution is -2.50. The van der Waals surface area contributed by atoms with Crippen molar-refractivity contribution in [2.24, 2.45) is 10.9 Å². The molecule has 1 amide bonds. The first-order valence-electron chi connectivity index (χ1n) is 11.2. The van der Waals surface area contributed by atoms with E-state index in [-0.39, 0.29) is 5.92 Å². The van der Waals surface area contributed by atoms with Crippen LogP contribution in [0.15, 0.2) is 29.3 Å². The average Bonchev–Trinajstić information content (AvgIpc) is 3.53. The highest BCUT2D eigenvalue weighted by Crippen LogP contribution is 2.42. The number of benzene rings is 1. The molecule has 3 aliphatic rings. The number of nitrogens with zero attached hydrogens (tertiary/aromatic N) is 3. The zero-order valence-electron chi connectivity index (χ0n) is 17.8. The van der Waals surface area contributed by atoms with Crippen molar-refractivity contribution in [2.75, 3.05) is 45.9 Å². The van der Waals surface area contributed by atoms with Crippen molar-refractivity contribution >= 4 is 11.9 Å². The highest BCUT2D eigenvalue weighted by atomic mass is 16.5. The first kappa shape index (κ1) is 20.2. The Morgan fingerprint density at radius 3 is 2.55 bits per heavy atom. The van der Waals surface area contributed by atoms with E-state index in [0.717, 1.165) is 51.5 Å². The third-order valence-electron chi connectivity index (χ3n) is 6.47. The van der Waals surface area contributed by atoms with Crippen molar-refractivity contribution < 1.29 is 9.53 Å². The Kier molecular flexibility index (Phi) is 6.38. The van der Waals surface area contributed by atoms with Crippen molar-refractivity contribution in [3.8, 4) is 0 Å². The molecule has 1 saturated carbocycles. The Bertz CT molecular complexity index is 736. The third-order valence-corrected chi connectivity index (χ3v) is 6.47. The summed E-state index contributed by atoms with van der Waals surface area (Å²) in [5.41, 5.74) is 2.83. The summed E-state index contributed by atoms with van der Waals surface area (Å²) in [6.07, 6.45) is 2.98. The van der Waals surface area contributed by atoms with Gasteiger partial charge >= 0.3 is 0 Å². The Balaban J connectivity index is 1.31. The molecule has 6 heteroatoms. The number of piperidine rings is 1. The summed E-state index contributed by atoms with van der Waals surface area (Å²) in [5, 5.41) is 3.71. The van der Waals surface area contributed by atoms with Crippen molar-refractivity contribution in [1.29, 1.82) is 0 Å². The molecule has 158 valence electrons. The van der Waals surface area contributed by atoms with E-state index in [0.29, 0.717) is 31.1 Å². The number of guanidine groups is 1. The Morgan fingerprint density at radius 1 is 1.14 bits per heavy atom. The van der Waals surface area contributed by atoms with Gasteiger partial charge in [-0.05, 0) is 44.2 Å². The molecule has 0 radical (unpaired) electrons. The van der Waals surface area contributed by atoms with E-state index in [2.05, 4.69) is 48.3 Å². The summed E-state index contributed by atoms with van der Waals surface area (Å²) in [5.74, 6) is 2.06. The van der Waals surface area contributed by atoms with Crippen LogP contribution in [0.4, 0.5) is 0 Å². The maximum Gasteiger partial charge on any atom is 0.225 e. The van der Waals surface area contributed by atoms with Gasteiger partial charge in [-0.3, -0.25) is 9.79 Å². The molecule has 2 atom stereocenters. The number of nitrogens with one attached hydrogen (secondary N) is 1. The molecule has 1 N–H and O–H groups in total. The fourth-order valence-electron chi connectivity index (χ4n) is 4.63. The van der Waals surface area contributed by atoms with Gasteiger partial charge in [0, 0.05) is 50.6 Å². The van der Waals surface area contributed by atoms with Gasteiger partial charge in [-0.15, -0.1) is 0 Å². The Morgan fingerprint density at radius 2 is 1.86 bits per heavy atom. The number of carbonyl (C=O) groups is 1. The Hall–Kier alpha value is -2.08. The van der Waals surface area contributed by atoms with E-state index < -0.39 is 0 Å². The second-order valence-corrected chi connectivity index (χ2v) is 8.45. The number of hydrogen-bond acceptors (Lipinski definition) is 3. The molecule has 0 bridgehead atoms. The number of carbonyl (C=O) groups excluding carboxylic acids is 1. The second kappa shape index (κ2) is 9.16. The highest BCUT2D eigenvalue weighted by molar-refractivity contribution is 5.82. The minimum atomic E-state index is 0.146. The molecule has 2 aliphatic heterocycles. The summed E-state index contributed by atoms with van der Waals surface area (Å²) in [6, 6.07) is 9.16. The molecule has 29 heavy (non-hydrogen) atoms. The second-order valence-electron chi connectivity index (χ2n) is 8.45. The number of aliphatic imine (C=N–C) groups is 1. The van der Waals surface area contributed by atoms with Crippen LogP contribution in [-0.2, 0) is 9.53 Å². The topological polar surface area (TPSA) is 57.2 Å². The zero-order valence-corrected chi connectivity index (χ0v) is 17.8. The van der Waals surface area contributed by atoms with Gasteiger partial charge in [-0.2, -0.15) is 0 Å². The van der Waals surface area contributed by atoms with Crippen LogP contribution in [0.25, 0.3) is 0 Å². The molecule has 6 nitrogen and oxygen atoms in total. The molecule has 1 aromatic rings. The van der Waals surface area contributed by atoms with Gasteiger partial charge in [0.05, 0.1) is 13.2 Å². The minimum absolute atomic E-state index is 0.146. The molecule has 0 aromatic heterocycles. The van der Waals surface area contributed by atoms with E-state index in [1.807, 2.05) is 4.90 Å². The van der Waals surface area contributed by atoms with E-state index in [4.69, 9.17) is 9.73 Å². The van der Waals surface area contributed by atoms with Crippen molar-refractivity contribution in [3.63, 3.8) is 0 Å². The molecule has 2 heterocycles. The lowest BCUT2D eigenvalue weighted by atomic mass is 9.95. The largest absolute Gasteiger partial charge is 0.378 e. The van der Waals surface area contributed by atoms with Crippen LogP contribution >= 0.6 is 0 Å². The average molecular weight is 399 g/mol. The van der Waals surface area contributed by atoms with Crippen LogP contribution in [0, 0.1) is 12.8 Å². The highest BCUT2D eigenvalue weighted by Gasteiger charge is 2.40. The summed E-state index contributed by atoms with van der Waals surface area (Å²) in [4.78, 5) is 21.9.